The van der Waals surface area contributed by atoms with Crippen molar-refractivity contribution >= 4 is 40.5 Å². The Labute approximate surface area is 225 Å². The molecule has 9 nitrogen and oxygen atoms in total. The molecule has 0 bridgehead atoms. The van der Waals surface area contributed by atoms with Crippen LogP contribution in [0.15, 0.2) is 97.1 Å². The summed E-state index contributed by atoms with van der Waals surface area (Å²) < 4.78 is 10.7. The number of nitrogen functional groups attached to an aromatic ring is 1. The Hall–Kier alpha value is -5.31. The van der Waals surface area contributed by atoms with Crippen LogP contribution in [-0.2, 0) is 9.59 Å². The Balaban J connectivity index is 1.62. The first-order valence-electron chi connectivity index (χ1n) is 12.0. The summed E-state index contributed by atoms with van der Waals surface area (Å²) in [6.07, 6.45) is 0. The molecule has 198 valence electrons. The van der Waals surface area contributed by atoms with Gasteiger partial charge in [0.25, 0.3) is 5.91 Å². The molecule has 0 saturated carbocycles. The van der Waals surface area contributed by atoms with Gasteiger partial charge in [-0.1, -0.05) is 48.5 Å². The van der Waals surface area contributed by atoms with Crippen LogP contribution in [0.3, 0.4) is 0 Å². The van der Waals surface area contributed by atoms with Gasteiger partial charge < -0.3 is 31.2 Å². The number of ether oxygens (including phenoxy) is 2. The maximum Gasteiger partial charge on any atom is 0.255 e. The monoisotopic (exact) mass is 524 g/mol. The predicted molar refractivity (Wildman–Crippen MR) is 151 cm³/mol. The molecule has 39 heavy (non-hydrogen) atoms. The second-order valence-corrected chi connectivity index (χ2v) is 8.48. The minimum absolute atomic E-state index is 0.330. The van der Waals surface area contributed by atoms with Crippen molar-refractivity contribution in [1.82, 2.24) is 0 Å². The van der Waals surface area contributed by atoms with Crippen molar-refractivity contribution < 1.29 is 23.9 Å². The first-order valence-corrected chi connectivity index (χ1v) is 12.0. The van der Waals surface area contributed by atoms with Crippen LogP contribution in [0.1, 0.15) is 21.8 Å². The van der Waals surface area contributed by atoms with E-state index in [0.29, 0.717) is 45.4 Å². The van der Waals surface area contributed by atoms with E-state index in [-0.39, 0.29) is 5.91 Å². The zero-order valence-corrected chi connectivity index (χ0v) is 21.4. The van der Waals surface area contributed by atoms with Crippen molar-refractivity contribution in [2.75, 3.05) is 35.9 Å². The second kappa shape index (κ2) is 12.3. The minimum Gasteiger partial charge on any atom is -0.495 e. The Kier molecular flexibility index (Phi) is 8.43. The van der Waals surface area contributed by atoms with E-state index in [1.54, 1.807) is 97.1 Å². The van der Waals surface area contributed by atoms with Crippen LogP contribution < -0.4 is 31.2 Å². The van der Waals surface area contributed by atoms with Crippen LogP contribution in [0, 0.1) is 0 Å². The van der Waals surface area contributed by atoms with Gasteiger partial charge in [-0.15, -0.1) is 0 Å². The zero-order valence-electron chi connectivity index (χ0n) is 21.4. The van der Waals surface area contributed by atoms with Crippen LogP contribution in [0.5, 0.6) is 11.5 Å². The number of carbonyl (C=O) groups is 3. The van der Waals surface area contributed by atoms with Gasteiger partial charge in [0.05, 0.1) is 37.0 Å². The number of amides is 3. The summed E-state index contributed by atoms with van der Waals surface area (Å²) in [6.45, 7) is 0. The highest BCUT2D eigenvalue weighted by molar-refractivity contribution is 6.15. The summed E-state index contributed by atoms with van der Waals surface area (Å²) in [7, 11) is 2.98. The molecular formula is C30H28N4O5. The van der Waals surface area contributed by atoms with Crippen molar-refractivity contribution in [3.8, 4) is 11.5 Å². The standard InChI is InChI=1S/C30H28N4O5/c1-38-25-13-7-5-11-23(25)33-29(36)27(30(37)34-24-12-6-8-14-26(24)39-2)19-15-17-20(18-16-19)28(35)32-22-10-4-3-9-21(22)31/h3-18,27H,31H2,1-2H3,(H,32,35)(H,33,36)(H,34,37). The van der Waals surface area contributed by atoms with Gasteiger partial charge in [-0.3, -0.25) is 14.4 Å². The van der Waals surface area contributed by atoms with Crippen LogP contribution in [-0.4, -0.2) is 31.9 Å². The lowest BCUT2D eigenvalue weighted by Gasteiger charge is -2.19. The molecule has 0 saturated heterocycles. The molecule has 0 spiro atoms. The van der Waals surface area contributed by atoms with Gasteiger partial charge in [-0.05, 0) is 54.1 Å². The van der Waals surface area contributed by atoms with E-state index >= 15 is 0 Å². The number of hydrogen-bond donors (Lipinski definition) is 4. The second-order valence-electron chi connectivity index (χ2n) is 8.48. The lowest BCUT2D eigenvalue weighted by molar-refractivity contribution is -0.126. The van der Waals surface area contributed by atoms with Crippen LogP contribution in [0.2, 0.25) is 0 Å². The third kappa shape index (κ3) is 6.34. The predicted octanol–water partition coefficient (Wildman–Crippen LogP) is 4.90. The topological polar surface area (TPSA) is 132 Å². The zero-order chi connectivity index (χ0) is 27.8. The molecule has 0 fully saturated rings. The third-order valence-electron chi connectivity index (χ3n) is 5.97. The summed E-state index contributed by atoms with van der Waals surface area (Å²) in [5.41, 5.74) is 8.38. The molecule has 0 heterocycles. The lowest BCUT2D eigenvalue weighted by atomic mass is 9.95. The van der Waals surface area contributed by atoms with Gasteiger partial charge in [0.1, 0.15) is 17.4 Å². The molecule has 0 radical (unpaired) electrons. The van der Waals surface area contributed by atoms with Crippen LogP contribution in [0.25, 0.3) is 0 Å². The smallest absolute Gasteiger partial charge is 0.255 e. The molecular weight excluding hydrogens is 496 g/mol. The first-order chi connectivity index (χ1) is 18.9. The fraction of sp³-hybridized carbons (Fsp3) is 0.100. The molecule has 4 aromatic rings. The summed E-state index contributed by atoms with van der Waals surface area (Å²) in [4.78, 5) is 39.8. The summed E-state index contributed by atoms with van der Waals surface area (Å²) >= 11 is 0. The van der Waals surface area contributed by atoms with Crippen molar-refractivity contribution in [3.05, 3.63) is 108 Å². The molecule has 0 aliphatic rings. The van der Waals surface area contributed by atoms with Crippen molar-refractivity contribution in [2.45, 2.75) is 5.92 Å². The summed E-state index contributed by atoms with van der Waals surface area (Å²) in [6, 6.07) is 26.9. The molecule has 0 atom stereocenters. The fourth-order valence-electron chi connectivity index (χ4n) is 3.96. The number of para-hydroxylation sites is 6. The van der Waals surface area contributed by atoms with Gasteiger partial charge in [0, 0.05) is 5.56 Å². The molecule has 4 aromatic carbocycles. The van der Waals surface area contributed by atoms with E-state index in [1.807, 2.05) is 0 Å². The molecule has 9 heteroatoms. The number of rotatable bonds is 9. The van der Waals surface area contributed by atoms with Gasteiger partial charge in [0.15, 0.2) is 0 Å². The van der Waals surface area contributed by atoms with Gasteiger partial charge in [0.2, 0.25) is 11.8 Å². The first kappa shape index (κ1) is 26.7. The number of hydrogen-bond acceptors (Lipinski definition) is 6. The van der Waals surface area contributed by atoms with Gasteiger partial charge in [-0.25, -0.2) is 0 Å². The fourth-order valence-corrected chi connectivity index (χ4v) is 3.96. The number of nitrogens with two attached hydrogens (primary N) is 1. The van der Waals surface area contributed by atoms with E-state index in [9.17, 15) is 14.4 Å². The van der Waals surface area contributed by atoms with Gasteiger partial charge in [-0.2, -0.15) is 0 Å². The molecule has 5 N–H and O–H groups in total. The Bertz CT molecular complexity index is 1430. The van der Waals surface area contributed by atoms with Crippen molar-refractivity contribution in [2.24, 2.45) is 0 Å². The SMILES string of the molecule is COc1ccccc1NC(=O)C(C(=O)Nc1ccccc1OC)c1ccc(C(=O)Nc2ccccc2N)cc1. The Morgan fingerprint density at radius 1 is 0.615 bits per heavy atom. The third-order valence-corrected chi connectivity index (χ3v) is 5.97. The maximum atomic E-state index is 13.5. The van der Waals surface area contributed by atoms with Gasteiger partial charge >= 0.3 is 0 Å². The molecule has 0 aliphatic heterocycles. The molecule has 0 unspecified atom stereocenters. The van der Waals surface area contributed by atoms with Crippen LogP contribution >= 0.6 is 0 Å². The summed E-state index contributed by atoms with van der Waals surface area (Å²) in [5.74, 6) is -1.92. The van der Waals surface area contributed by atoms with E-state index in [0.717, 1.165) is 0 Å². The highest BCUT2D eigenvalue weighted by Crippen LogP contribution is 2.29. The van der Waals surface area contributed by atoms with Crippen molar-refractivity contribution in [3.63, 3.8) is 0 Å². The number of methoxy groups -OCH3 is 2. The average Bonchev–Trinajstić information content (AvgIpc) is 2.95. The summed E-state index contributed by atoms with van der Waals surface area (Å²) in [5, 5.41) is 8.33. The van der Waals surface area contributed by atoms with E-state index in [2.05, 4.69) is 16.0 Å². The number of benzene rings is 4. The average molecular weight is 525 g/mol. The number of anilines is 4. The largest absolute Gasteiger partial charge is 0.495 e. The van der Waals surface area contributed by atoms with E-state index in [4.69, 9.17) is 15.2 Å². The lowest BCUT2D eigenvalue weighted by Crippen LogP contribution is -2.32. The Morgan fingerprint density at radius 3 is 1.56 bits per heavy atom. The minimum atomic E-state index is -1.26. The van der Waals surface area contributed by atoms with Crippen LogP contribution in [0.4, 0.5) is 22.7 Å². The quantitative estimate of drug-likeness (QED) is 0.182. The highest BCUT2D eigenvalue weighted by atomic mass is 16.5. The van der Waals surface area contributed by atoms with Crippen molar-refractivity contribution in [1.29, 1.82) is 0 Å². The molecule has 3 amide bonds. The Morgan fingerprint density at radius 2 is 1.08 bits per heavy atom. The number of carbonyl (C=O) groups excluding carboxylic acids is 3. The normalized spacial score (nSPS) is 10.4. The van der Waals surface area contributed by atoms with E-state index < -0.39 is 17.7 Å². The van der Waals surface area contributed by atoms with E-state index in [1.165, 1.54) is 14.2 Å². The highest BCUT2D eigenvalue weighted by Gasteiger charge is 2.30. The molecule has 0 aromatic heterocycles. The number of nitrogens with one attached hydrogen (secondary N) is 3. The molecule has 4 rings (SSSR count). The maximum absolute atomic E-state index is 13.5. The molecule has 0 aliphatic carbocycles.